The lowest BCUT2D eigenvalue weighted by atomic mass is 10.1. The molecule has 0 bridgehead atoms. The van der Waals surface area contributed by atoms with Crippen LogP contribution in [0.4, 0.5) is 4.39 Å². The first-order chi connectivity index (χ1) is 7.99. The second-order valence-electron chi connectivity index (χ2n) is 3.19. The predicted molar refractivity (Wildman–Crippen MR) is 71.9 cm³/mol. The quantitative estimate of drug-likeness (QED) is 0.679. The van der Waals surface area contributed by atoms with E-state index in [1.807, 2.05) is 0 Å². The lowest BCUT2D eigenvalue weighted by Gasteiger charge is -2.02. The fourth-order valence-corrected chi connectivity index (χ4v) is 3.20. The van der Waals surface area contributed by atoms with Crippen molar-refractivity contribution < 1.29 is 9.18 Å². The van der Waals surface area contributed by atoms with Gasteiger partial charge in [-0.05, 0) is 24.3 Å². The van der Waals surface area contributed by atoms with E-state index < -0.39 is 5.82 Å². The van der Waals surface area contributed by atoms with Crippen LogP contribution in [0.2, 0.25) is 8.67 Å². The van der Waals surface area contributed by atoms with Crippen LogP contribution in [0.1, 0.15) is 15.9 Å². The van der Waals surface area contributed by atoms with Crippen molar-refractivity contribution in [3.63, 3.8) is 0 Å². The fourth-order valence-electron chi connectivity index (χ4n) is 1.31. The molecule has 0 N–H and O–H groups in total. The molecule has 0 saturated carbocycles. The van der Waals surface area contributed by atoms with Gasteiger partial charge in [0, 0.05) is 10.0 Å². The Morgan fingerprint density at radius 1 is 1.24 bits per heavy atom. The Balaban J connectivity index is 2.50. The SMILES string of the molecule is O=C(c1cc(F)ccc1Br)c1cc(Cl)sc1Cl. The van der Waals surface area contributed by atoms with Crippen molar-refractivity contribution in [2.24, 2.45) is 0 Å². The zero-order chi connectivity index (χ0) is 12.6. The lowest BCUT2D eigenvalue weighted by Crippen LogP contribution is -2.02. The zero-order valence-corrected chi connectivity index (χ0v) is 12.1. The van der Waals surface area contributed by atoms with Crippen LogP contribution in [-0.2, 0) is 0 Å². The summed E-state index contributed by atoms with van der Waals surface area (Å²) in [5, 5.41) is 0. The zero-order valence-electron chi connectivity index (χ0n) is 8.14. The maximum atomic E-state index is 13.1. The first-order valence-electron chi connectivity index (χ1n) is 4.43. The third kappa shape index (κ3) is 2.71. The van der Waals surface area contributed by atoms with Crippen LogP contribution in [0.3, 0.4) is 0 Å². The summed E-state index contributed by atoms with van der Waals surface area (Å²) < 4.78 is 14.3. The second-order valence-corrected chi connectivity index (χ2v) is 6.33. The highest BCUT2D eigenvalue weighted by atomic mass is 79.9. The van der Waals surface area contributed by atoms with Gasteiger partial charge in [-0.25, -0.2) is 4.39 Å². The van der Waals surface area contributed by atoms with Crippen LogP contribution in [0.25, 0.3) is 0 Å². The Bertz CT molecular complexity index is 597. The van der Waals surface area contributed by atoms with Crippen molar-refractivity contribution in [3.8, 4) is 0 Å². The van der Waals surface area contributed by atoms with Gasteiger partial charge < -0.3 is 0 Å². The van der Waals surface area contributed by atoms with Gasteiger partial charge in [0.05, 0.1) is 9.90 Å². The van der Waals surface area contributed by atoms with Gasteiger partial charge in [0.15, 0.2) is 5.78 Å². The molecule has 1 aromatic carbocycles. The average molecular weight is 354 g/mol. The smallest absolute Gasteiger partial charge is 0.196 e. The summed E-state index contributed by atoms with van der Waals surface area (Å²) in [6.45, 7) is 0. The average Bonchev–Trinajstić information content (AvgIpc) is 2.60. The first-order valence-corrected chi connectivity index (χ1v) is 6.80. The number of carbonyl (C=O) groups excluding carboxylic acids is 1. The number of thiophene rings is 1. The molecule has 1 aromatic heterocycles. The molecule has 0 aliphatic carbocycles. The van der Waals surface area contributed by atoms with Crippen LogP contribution < -0.4 is 0 Å². The monoisotopic (exact) mass is 352 g/mol. The maximum absolute atomic E-state index is 13.1. The van der Waals surface area contributed by atoms with Gasteiger partial charge in [-0.2, -0.15) is 0 Å². The Morgan fingerprint density at radius 2 is 1.94 bits per heavy atom. The topological polar surface area (TPSA) is 17.1 Å². The van der Waals surface area contributed by atoms with Crippen molar-refractivity contribution in [2.75, 3.05) is 0 Å². The molecule has 0 aliphatic rings. The number of carbonyl (C=O) groups is 1. The summed E-state index contributed by atoms with van der Waals surface area (Å²) in [5.41, 5.74) is 0.509. The summed E-state index contributed by atoms with van der Waals surface area (Å²) >= 11 is 16.0. The van der Waals surface area contributed by atoms with Gasteiger partial charge in [-0.15, -0.1) is 11.3 Å². The van der Waals surface area contributed by atoms with Gasteiger partial charge in [-0.3, -0.25) is 4.79 Å². The largest absolute Gasteiger partial charge is 0.288 e. The van der Waals surface area contributed by atoms with E-state index in [-0.39, 0.29) is 16.9 Å². The highest BCUT2D eigenvalue weighted by Crippen LogP contribution is 2.33. The van der Waals surface area contributed by atoms with E-state index in [1.165, 1.54) is 18.2 Å². The lowest BCUT2D eigenvalue weighted by molar-refractivity contribution is 0.103. The predicted octanol–water partition coefficient (Wildman–Crippen LogP) is 5.19. The fraction of sp³-hybridized carbons (Fsp3) is 0. The van der Waals surface area contributed by atoms with E-state index in [1.54, 1.807) is 0 Å². The molecule has 2 rings (SSSR count). The van der Waals surface area contributed by atoms with Crippen LogP contribution >= 0.6 is 50.5 Å². The molecule has 0 aliphatic heterocycles. The Labute approximate surface area is 119 Å². The van der Waals surface area contributed by atoms with Crippen LogP contribution in [0.5, 0.6) is 0 Å². The van der Waals surface area contributed by atoms with Crippen molar-refractivity contribution in [1.82, 2.24) is 0 Å². The second kappa shape index (κ2) is 5.06. The minimum absolute atomic E-state index is 0.223. The number of hydrogen-bond donors (Lipinski definition) is 0. The summed E-state index contributed by atoms with van der Waals surface area (Å²) in [6, 6.07) is 5.38. The van der Waals surface area contributed by atoms with Crippen molar-refractivity contribution >= 4 is 56.3 Å². The minimum Gasteiger partial charge on any atom is -0.288 e. The number of rotatable bonds is 2. The normalized spacial score (nSPS) is 10.6. The molecule has 88 valence electrons. The molecule has 0 saturated heterocycles. The third-order valence-electron chi connectivity index (χ3n) is 2.07. The Hall–Kier alpha value is -0.420. The number of halogens is 4. The Kier molecular flexibility index (Phi) is 3.88. The molecule has 0 amide bonds. The number of ketones is 1. The minimum atomic E-state index is -0.478. The number of hydrogen-bond acceptors (Lipinski definition) is 2. The maximum Gasteiger partial charge on any atom is 0.196 e. The van der Waals surface area contributed by atoms with E-state index in [2.05, 4.69) is 15.9 Å². The molecule has 0 spiro atoms. The molecule has 17 heavy (non-hydrogen) atoms. The Morgan fingerprint density at radius 3 is 2.53 bits per heavy atom. The summed E-state index contributed by atoms with van der Waals surface area (Å²) in [7, 11) is 0. The third-order valence-corrected chi connectivity index (χ3v) is 4.25. The van der Waals surface area contributed by atoms with Crippen LogP contribution in [0.15, 0.2) is 28.7 Å². The molecule has 0 radical (unpaired) electrons. The molecule has 2 aromatic rings. The molecule has 0 unspecified atom stereocenters. The van der Waals surface area contributed by atoms with Gasteiger partial charge in [0.1, 0.15) is 10.2 Å². The highest BCUT2D eigenvalue weighted by molar-refractivity contribution is 9.10. The van der Waals surface area contributed by atoms with E-state index in [4.69, 9.17) is 23.2 Å². The van der Waals surface area contributed by atoms with Crippen LogP contribution in [-0.4, -0.2) is 5.78 Å². The highest BCUT2D eigenvalue weighted by Gasteiger charge is 2.18. The summed E-state index contributed by atoms with van der Waals surface area (Å²) in [4.78, 5) is 12.1. The number of benzene rings is 1. The van der Waals surface area contributed by atoms with Gasteiger partial charge in [-0.1, -0.05) is 39.1 Å². The van der Waals surface area contributed by atoms with E-state index >= 15 is 0 Å². The van der Waals surface area contributed by atoms with E-state index in [0.29, 0.717) is 13.1 Å². The molecule has 0 atom stereocenters. The van der Waals surface area contributed by atoms with Crippen molar-refractivity contribution in [2.45, 2.75) is 0 Å². The summed E-state index contributed by atoms with van der Waals surface area (Å²) in [5.74, 6) is -0.835. The molecular formula is C11H4BrCl2FOS. The van der Waals surface area contributed by atoms with Crippen LogP contribution in [0, 0.1) is 5.82 Å². The first kappa shape index (κ1) is 13.0. The van der Waals surface area contributed by atoms with Crippen molar-refractivity contribution in [3.05, 3.63) is 54.4 Å². The van der Waals surface area contributed by atoms with E-state index in [9.17, 15) is 9.18 Å². The molecule has 1 heterocycles. The molecule has 6 heteroatoms. The summed E-state index contributed by atoms with van der Waals surface area (Å²) in [6.07, 6.45) is 0. The molecular weight excluding hydrogens is 350 g/mol. The molecule has 0 fully saturated rings. The standard InChI is InChI=1S/C11H4BrCl2FOS/c12-8-2-1-5(15)3-6(8)10(16)7-4-9(13)17-11(7)14/h1-4H. The van der Waals surface area contributed by atoms with Gasteiger partial charge in [0.25, 0.3) is 0 Å². The van der Waals surface area contributed by atoms with E-state index in [0.717, 1.165) is 17.4 Å². The van der Waals surface area contributed by atoms with Gasteiger partial charge in [0.2, 0.25) is 0 Å². The van der Waals surface area contributed by atoms with Crippen molar-refractivity contribution in [1.29, 1.82) is 0 Å². The molecule has 1 nitrogen and oxygen atoms in total. The van der Waals surface area contributed by atoms with Gasteiger partial charge >= 0.3 is 0 Å².